The van der Waals surface area contributed by atoms with E-state index in [-0.39, 0.29) is 18.0 Å². The van der Waals surface area contributed by atoms with E-state index >= 15 is 0 Å². The number of aromatic nitrogens is 5. The van der Waals surface area contributed by atoms with E-state index < -0.39 is 0 Å². The third kappa shape index (κ3) is 2.90. The smallest absolute Gasteiger partial charge is 0.257 e. The fraction of sp³-hybridized carbons (Fsp3) is 0.304. The number of carbonyl (C=O) groups is 1. The lowest BCUT2D eigenvalue weighted by atomic mass is 10.1. The number of amides is 1. The number of carbonyl (C=O) groups excluding carboxylic acids is 1. The lowest BCUT2D eigenvalue weighted by Gasteiger charge is -2.27. The van der Waals surface area contributed by atoms with Gasteiger partial charge in [-0.15, -0.1) is 0 Å². The van der Waals surface area contributed by atoms with Crippen LogP contribution in [0, 0.1) is 12.8 Å². The van der Waals surface area contributed by atoms with E-state index in [2.05, 4.69) is 15.2 Å². The molecule has 1 amide bonds. The van der Waals surface area contributed by atoms with Crippen molar-refractivity contribution in [1.82, 2.24) is 29.9 Å². The van der Waals surface area contributed by atoms with Gasteiger partial charge in [-0.1, -0.05) is 11.6 Å². The van der Waals surface area contributed by atoms with Crippen LogP contribution in [0.25, 0.3) is 16.7 Å². The first-order valence-corrected chi connectivity index (χ1v) is 10.5. The fourth-order valence-electron chi connectivity index (χ4n) is 4.76. The van der Waals surface area contributed by atoms with E-state index in [4.69, 9.17) is 9.72 Å². The van der Waals surface area contributed by atoms with Crippen LogP contribution in [0.15, 0.2) is 48.8 Å². The van der Waals surface area contributed by atoms with Crippen LogP contribution in [0.4, 0.5) is 0 Å². The number of nitrogens with zero attached hydrogens (tertiary/aromatic N) is 5. The van der Waals surface area contributed by atoms with Gasteiger partial charge in [-0.25, -0.2) is 4.98 Å². The zero-order valence-electron chi connectivity index (χ0n) is 17.3. The highest BCUT2D eigenvalue weighted by Crippen LogP contribution is 2.53. The Morgan fingerprint density at radius 3 is 2.77 bits per heavy atom. The molecule has 1 N–H and O–H groups in total. The number of fused-ring (bicyclic) bond motifs is 2. The van der Waals surface area contributed by atoms with Gasteiger partial charge in [0, 0.05) is 12.1 Å². The molecule has 156 valence electrons. The Morgan fingerprint density at radius 2 is 1.97 bits per heavy atom. The predicted molar refractivity (Wildman–Crippen MR) is 114 cm³/mol. The van der Waals surface area contributed by atoms with Crippen LogP contribution in [-0.2, 0) is 0 Å². The number of likely N-dealkylation sites (tertiary alicyclic amines) is 1. The summed E-state index contributed by atoms with van der Waals surface area (Å²) in [6.45, 7) is 1.99. The zero-order chi connectivity index (χ0) is 21.1. The SMILES string of the molecule is COc1ccc2[nH]c(C3CC4CC4N3C(=O)c3cc(C)ccc3-n3nccn3)nc2c1. The van der Waals surface area contributed by atoms with E-state index in [0.29, 0.717) is 17.2 Å². The predicted octanol–water partition coefficient (Wildman–Crippen LogP) is 3.44. The first-order chi connectivity index (χ1) is 15.1. The summed E-state index contributed by atoms with van der Waals surface area (Å²) in [5.74, 6) is 2.14. The molecular formula is C23H22N6O2. The minimum atomic E-state index is -0.0754. The molecule has 3 atom stereocenters. The topological polar surface area (TPSA) is 88.9 Å². The van der Waals surface area contributed by atoms with Crippen molar-refractivity contribution in [3.63, 3.8) is 0 Å². The van der Waals surface area contributed by atoms with Gasteiger partial charge in [0.25, 0.3) is 5.91 Å². The summed E-state index contributed by atoms with van der Waals surface area (Å²) in [7, 11) is 1.65. The van der Waals surface area contributed by atoms with Gasteiger partial charge in [-0.3, -0.25) is 4.79 Å². The van der Waals surface area contributed by atoms with Crippen molar-refractivity contribution in [3.8, 4) is 11.4 Å². The number of nitrogens with one attached hydrogen (secondary N) is 1. The fourth-order valence-corrected chi connectivity index (χ4v) is 4.76. The third-order valence-corrected chi connectivity index (χ3v) is 6.38. The van der Waals surface area contributed by atoms with Crippen molar-refractivity contribution in [2.24, 2.45) is 5.92 Å². The molecule has 3 unspecified atom stereocenters. The highest BCUT2D eigenvalue weighted by molar-refractivity contribution is 5.99. The standard InChI is InChI=1S/C23H22N6O2/c1-13-3-6-19(29-24-7-8-25-29)16(9-13)23(30)28-20-10-14(20)11-21(28)22-26-17-5-4-15(31-2)12-18(17)27-22/h3-9,12,14,20-21H,10-11H2,1-2H3,(H,26,27). The largest absolute Gasteiger partial charge is 0.497 e. The number of methoxy groups -OCH3 is 1. The molecule has 3 heterocycles. The Kier molecular flexibility index (Phi) is 3.89. The number of benzene rings is 2. The zero-order valence-corrected chi connectivity index (χ0v) is 17.3. The number of ether oxygens (including phenoxy) is 1. The molecule has 31 heavy (non-hydrogen) atoms. The number of imidazole rings is 1. The lowest BCUT2D eigenvalue weighted by Crippen LogP contribution is -2.35. The average Bonchev–Trinajstić information content (AvgIpc) is 3.19. The summed E-state index contributed by atoms with van der Waals surface area (Å²) < 4.78 is 5.33. The normalized spacial score (nSPS) is 22.0. The van der Waals surface area contributed by atoms with Crippen LogP contribution in [0.2, 0.25) is 0 Å². The average molecular weight is 414 g/mol. The maximum atomic E-state index is 13.8. The molecule has 0 spiro atoms. The highest BCUT2D eigenvalue weighted by atomic mass is 16.5. The van der Waals surface area contributed by atoms with Crippen LogP contribution < -0.4 is 4.74 Å². The van der Waals surface area contributed by atoms with Gasteiger partial charge >= 0.3 is 0 Å². The number of hydrogen-bond donors (Lipinski definition) is 1. The molecule has 0 radical (unpaired) electrons. The first-order valence-electron chi connectivity index (χ1n) is 10.5. The number of aryl methyl sites for hydroxylation is 1. The second kappa shape index (κ2) is 6.66. The Morgan fingerprint density at radius 1 is 1.13 bits per heavy atom. The van der Waals surface area contributed by atoms with Crippen LogP contribution >= 0.6 is 0 Å². The van der Waals surface area contributed by atoms with Crippen LogP contribution in [0.1, 0.15) is 40.6 Å². The van der Waals surface area contributed by atoms with Crippen LogP contribution in [0.5, 0.6) is 5.75 Å². The maximum absolute atomic E-state index is 13.8. The summed E-state index contributed by atoms with van der Waals surface area (Å²) in [4.78, 5) is 25.6. The number of piperidine rings is 1. The molecule has 0 bridgehead atoms. The van der Waals surface area contributed by atoms with E-state index in [1.165, 1.54) is 4.80 Å². The van der Waals surface area contributed by atoms with E-state index in [9.17, 15) is 4.79 Å². The summed E-state index contributed by atoms with van der Waals surface area (Å²) >= 11 is 0. The molecule has 8 nitrogen and oxygen atoms in total. The molecule has 1 aliphatic heterocycles. The number of rotatable bonds is 4. The Balaban J connectivity index is 1.40. The second-order valence-corrected chi connectivity index (χ2v) is 8.37. The van der Waals surface area contributed by atoms with Crippen molar-refractivity contribution in [2.75, 3.05) is 7.11 Å². The molecule has 2 aromatic carbocycles. The monoisotopic (exact) mass is 414 g/mol. The van der Waals surface area contributed by atoms with Gasteiger partial charge in [-0.05, 0) is 49.9 Å². The molecule has 1 aliphatic carbocycles. The molecule has 8 heteroatoms. The van der Waals surface area contributed by atoms with Crippen molar-refractivity contribution in [3.05, 3.63) is 65.7 Å². The van der Waals surface area contributed by atoms with Crippen LogP contribution in [-0.4, -0.2) is 48.9 Å². The van der Waals surface area contributed by atoms with Gasteiger partial charge in [0.15, 0.2) is 0 Å². The molecule has 1 saturated carbocycles. The van der Waals surface area contributed by atoms with E-state index in [0.717, 1.165) is 41.0 Å². The molecule has 4 aromatic rings. The van der Waals surface area contributed by atoms with Crippen LogP contribution in [0.3, 0.4) is 0 Å². The number of H-pyrrole nitrogens is 1. The summed E-state index contributed by atoms with van der Waals surface area (Å²) in [5.41, 5.74) is 4.13. The molecule has 6 rings (SSSR count). The minimum absolute atomic E-state index is 0.00374. The van der Waals surface area contributed by atoms with Gasteiger partial charge in [0.05, 0.1) is 47.8 Å². The quantitative estimate of drug-likeness (QED) is 0.553. The van der Waals surface area contributed by atoms with Gasteiger partial charge in [-0.2, -0.15) is 15.0 Å². The highest BCUT2D eigenvalue weighted by Gasteiger charge is 2.55. The van der Waals surface area contributed by atoms with Gasteiger partial charge in [0.1, 0.15) is 11.6 Å². The molecule has 1 saturated heterocycles. The molecule has 2 aliphatic rings. The summed E-state index contributed by atoms with van der Waals surface area (Å²) in [6.07, 6.45) is 5.21. The Hall–Kier alpha value is -3.68. The first kappa shape index (κ1) is 18.1. The Labute approximate surface area is 178 Å². The van der Waals surface area contributed by atoms with Crippen molar-refractivity contribution < 1.29 is 9.53 Å². The molecule has 2 aromatic heterocycles. The molecule has 2 fully saturated rings. The molecular weight excluding hydrogens is 392 g/mol. The van der Waals surface area contributed by atoms with Crippen molar-refractivity contribution >= 4 is 16.9 Å². The summed E-state index contributed by atoms with van der Waals surface area (Å²) in [5, 5.41) is 8.48. The summed E-state index contributed by atoms with van der Waals surface area (Å²) in [6, 6.07) is 11.8. The maximum Gasteiger partial charge on any atom is 0.257 e. The van der Waals surface area contributed by atoms with Gasteiger partial charge < -0.3 is 14.6 Å². The third-order valence-electron chi connectivity index (χ3n) is 6.38. The van der Waals surface area contributed by atoms with Crippen molar-refractivity contribution in [1.29, 1.82) is 0 Å². The lowest BCUT2D eigenvalue weighted by molar-refractivity contribution is 0.0692. The Bertz CT molecular complexity index is 1290. The minimum Gasteiger partial charge on any atom is -0.497 e. The number of aromatic amines is 1. The van der Waals surface area contributed by atoms with E-state index in [1.54, 1.807) is 19.5 Å². The number of hydrogen-bond acceptors (Lipinski definition) is 5. The van der Waals surface area contributed by atoms with Gasteiger partial charge in [0.2, 0.25) is 0 Å². The van der Waals surface area contributed by atoms with Crippen molar-refractivity contribution in [2.45, 2.75) is 31.8 Å². The second-order valence-electron chi connectivity index (χ2n) is 8.37. The van der Waals surface area contributed by atoms with E-state index in [1.807, 2.05) is 48.2 Å².